The number of hydrogen-bond donors (Lipinski definition) is 2. The van der Waals surface area contributed by atoms with E-state index in [9.17, 15) is 14.4 Å². The van der Waals surface area contributed by atoms with Gasteiger partial charge in [0.25, 0.3) is 5.91 Å². The van der Waals surface area contributed by atoms with Gasteiger partial charge in [0.05, 0.1) is 0 Å². The molecule has 0 bridgehead atoms. The third-order valence-electron chi connectivity index (χ3n) is 4.89. The van der Waals surface area contributed by atoms with Crippen molar-refractivity contribution in [1.29, 1.82) is 0 Å². The van der Waals surface area contributed by atoms with Crippen LogP contribution >= 0.6 is 0 Å². The molecule has 160 valence electrons. The molecule has 6 heteroatoms. The normalized spacial score (nSPS) is 10.5. The van der Waals surface area contributed by atoms with Crippen LogP contribution < -0.4 is 10.6 Å². The van der Waals surface area contributed by atoms with Gasteiger partial charge in [0.1, 0.15) is 0 Å². The van der Waals surface area contributed by atoms with Gasteiger partial charge in [-0.1, -0.05) is 61.5 Å². The predicted octanol–water partition coefficient (Wildman–Crippen LogP) is 4.69. The molecule has 0 saturated carbocycles. The lowest BCUT2D eigenvalue weighted by molar-refractivity contribution is -0.147. The van der Waals surface area contributed by atoms with Gasteiger partial charge in [-0.15, -0.1) is 0 Å². The second-order valence-electron chi connectivity index (χ2n) is 7.15. The minimum atomic E-state index is -0.503. The van der Waals surface area contributed by atoms with E-state index >= 15 is 0 Å². The molecule has 0 aliphatic heterocycles. The molecule has 0 fully saturated rings. The molecule has 0 unspecified atom stereocenters. The lowest BCUT2D eigenvalue weighted by Gasteiger charge is -2.10. The average Bonchev–Trinajstić information content (AvgIpc) is 2.78. The Hall–Kier alpha value is -3.67. The van der Waals surface area contributed by atoms with E-state index in [-0.39, 0.29) is 31.3 Å². The number of ether oxygens (including phenoxy) is 1. The third-order valence-corrected chi connectivity index (χ3v) is 4.89. The number of carbonyl (C=O) groups is 3. The Morgan fingerprint density at radius 3 is 2.29 bits per heavy atom. The highest BCUT2D eigenvalue weighted by Crippen LogP contribution is 2.23. The molecule has 31 heavy (non-hydrogen) atoms. The summed E-state index contributed by atoms with van der Waals surface area (Å²) >= 11 is 0. The molecule has 0 aliphatic rings. The van der Waals surface area contributed by atoms with Crippen molar-refractivity contribution in [3.63, 3.8) is 0 Å². The van der Waals surface area contributed by atoms with E-state index in [0.717, 1.165) is 34.1 Å². The topological polar surface area (TPSA) is 84.5 Å². The van der Waals surface area contributed by atoms with Gasteiger partial charge >= 0.3 is 5.97 Å². The summed E-state index contributed by atoms with van der Waals surface area (Å²) in [5.41, 5.74) is 2.48. The molecule has 2 amide bonds. The van der Waals surface area contributed by atoms with Gasteiger partial charge in [0.2, 0.25) is 5.91 Å². The number of benzene rings is 3. The van der Waals surface area contributed by atoms with Crippen molar-refractivity contribution in [1.82, 2.24) is 0 Å². The molecule has 0 radical (unpaired) electrons. The Balaban J connectivity index is 1.39. The number of fused-ring (bicyclic) bond motifs is 1. The van der Waals surface area contributed by atoms with Gasteiger partial charge in [-0.05, 0) is 35.9 Å². The number of para-hydroxylation sites is 1. The summed E-state index contributed by atoms with van der Waals surface area (Å²) in [6, 6.07) is 21.0. The van der Waals surface area contributed by atoms with Gasteiger partial charge in [-0.2, -0.15) is 0 Å². The third kappa shape index (κ3) is 6.40. The number of aryl methyl sites for hydroxylation is 1. The van der Waals surface area contributed by atoms with Crippen molar-refractivity contribution in [2.75, 3.05) is 17.2 Å². The van der Waals surface area contributed by atoms with Gasteiger partial charge in [0, 0.05) is 29.6 Å². The van der Waals surface area contributed by atoms with Crippen LogP contribution in [-0.4, -0.2) is 24.4 Å². The highest BCUT2D eigenvalue weighted by atomic mass is 16.5. The molecule has 0 spiro atoms. The number of esters is 1. The zero-order valence-corrected chi connectivity index (χ0v) is 17.5. The largest absolute Gasteiger partial charge is 0.456 e. The van der Waals surface area contributed by atoms with Crippen LogP contribution in [0, 0.1) is 0 Å². The summed E-state index contributed by atoms with van der Waals surface area (Å²) in [4.78, 5) is 36.2. The predicted molar refractivity (Wildman–Crippen MR) is 122 cm³/mol. The fraction of sp³-hybridized carbons (Fsp3) is 0.240. The van der Waals surface area contributed by atoms with E-state index in [1.54, 1.807) is 0 Å². The maximum atomic E-state index is 12.2. The first-order chi connectivity index (χ1) is 15.1. The van der Waals surface area contributed by atoms with Crippen LogP contribution in [0.1, 0.15) is 31.7 Å². The Kier molecular flexibility index (Phi) is 7.76. The van der Waals surface area contributed by atoms with E-state index in [1.807, 2.05) is 73.7 Å². The van der Waals surface area contributed by atoms with Crippen molar-refractivity contribution in [2.24, 2.45) is 0 Å². The number of hydrogen-bond acceptors (Lipinski definition) is 4. The van der Waals surface area contributed by atoms with Crippen LogP contribution in [0.5, 0.6) is 0 Å². The van der Waals surface area contributed by atoms with Crippen LogP contribution in [0.2, 0.25) is 0 Å². The van der Waals surface area contributed by atoms with Crippen LogP contribution in [0.3, 0.4) is 0 Å². The fourth-order valence-corrected chi connectivity index (χ4v) is 3.30. The van der Waals surface area contributed by atoms with Gasteiger partial charge in [0.15, 0.2) is 6.61 Å². The summed E-state index contributed by atoms with van der Waals surface area (Å²) in [5.74, 6) is -1.06. The van der Waals surface area contributed by atoms with Crippen LogP contribution in [0.25, 0.3) is 10.8 Å². The Morgan fingerprint density at radius 1 is 0.774 bits per heavy atom. The first-order valence-electron chi connectivity index (χ1n) is 10.4. The first-order valence-corrected chi connectivity index (χ1v) is 10.4. The maximum Gasteiger partial charge on any atom is 0.306 e. The minimum Gasteiger partial charge on any atom is -0.456 e. The minimum absolute atomic E-state index is 0.0712. The summed E-state index contributed by atoms with van der Waals surface area (Å²) in [6.07, 6.45) is 1.39. The van der Waals surface area contributed by atoms with E-state index in [0.29, 0.717) is 6.42 Å². The van der Waals surface area contributed by atoms with Gasteiger partial charge in [-0.3, -0.25) is 14.4 Å². The van der Waals surface area contributed by atoms with Gasteiger partial charge < -0.3 is 15.4 Å². The van der Waals surface area contributed by atoms with Gasteiger partial charge in [-0.25, -0.2) is 0 Å². The smallest absolute Gasteiger partial charge is 0.306 e. The fourth-order valence-electron chi connectivity index (χ4n) is 3.30. The monoisotopic (exact) mass is 418 g/mol. The first kappa shape index (κ1) is 22.0. The molecule has 3 aromatic carbocycles. The van der Waals surface area contributed by atoms with E-state index in [2.05, 4.69) is 10.6 Å². The average molecular weight is 418 g/mol. The van der Waals surface area contributed by atoms with Crippen LogP contribution in [0.4, 0.5) is 11.4 Å². The molecular weight excluding hydrogens is 392 g/mol. The molecule has 3 aromatic rings. The standard InChI is InChI=1S/C25H26N2O4/c1-2-18-9-4-6-13-21(18)26-24(29)17-31-25(30)16-8-15-23(28)27-22-14-7-11-19-10-3-5-12-20(19)22/h3-7,9-14H,2,8,15-17H2,1H3,(H,26,29)(H,27,28). The van der Waals surface area contributed by atoms with Crippen LogP contribution in [-0.2, 0) is 25.5 Å². The lowest BCUT2D eigenvalue weighted by atomic mass is 10.1. The zero-order chi connectivity index (χ0) is 22.1. The Bertz CT molecular complexity index is 1070. The molecule has 2 N–H and O–H groups in total. The maximum absolute atomic E-state index is 12.2. The van der Waals surface area contributed by atoms with Crippen molar-refractivity contribution in [2.45, 2.75) is 32.6 Å². The highest BCUT2D eigenvalue weighted by Gasteiger charge is 2.11. The Labute approximate surface area is 181 Å². The molecule has 0 aliphatic carbocycles. The molecular formula is C25H26N2O4. The molecule has 0 heterocycles. The van der Waals surface area contributed by atoms with Crippen molar-refractivity contribution in [3.8, 4) is 0 Å². The number of anilines is 2. The summed E-state index contributed by atoms with van der Waals surface area (Å²) in [7, 11) is 0. The molecule has 0 atom stereocenters. The number of carbonyl (C=O) groups excluding carboxylic acids is 3. The number of rotatable bonds is 9. The molecule has 6 nitrogen and oxygen atoms in total. The summed E-state index contributed by atoms with van der Waals surface area (Å²) in [6.45, 7) is 1.65. The SMILES string of the molecule is CCc1ccccc1NC(=O)COC(=O)CCCC(=O)Nc1cccc2ccccc12. The number of nitrogens with one attached hydrogen (secondary N) is 2. The summed E-state index contributed by atoms with van der Waals surface area (Å²) in [5, 5.41) is 7.66. The van der Waals surface area contributed by atoms with Crippen molar-refractivity contribution >= 4 is 39.9 Å². The summed E-state index contributed by atoms with van der Waals surface area (Å²) < 4.78 is 5.02. The van der Waals surface area contributed by atoms with Crippen molar-refractivity contribution < 1.29 is 19.1 Å². The molecule has 3 rings (SSSR count). The van der Waals surface area contributed by atoms with Crippen LogP contribution in [0.15, 0.2) is 66.7 Å². The number of amides is 2. The zero-order valence-electron chi connectivity index (χ0n) is 17.5. The quantitative estimate of drug-likeness (QED) is 0.494. The van der Waals surface area contributed by atoms with E-state index < -0.39 is 5.97 Å². The molecule has 0 saturated heterocycles. The second-order valence-corrected chi connectivity index (χ2v) is 7.15. The second kappa shape index (κ2) is 10.9. The highest BCUT2D eigenvalue weighted by molar-refractivity contribution is 6.02. The van der Waals surface area contributed by atoms with E-state index in [4.69, 9.17) is 4.74 Å². The molecule has 0 aromatic heterocycles. The van der Waals surface area contributed by atoms with E-state index in [1.165, 1.54) is 0 Å². The Morgan fingerprint density at radius 2 is 1.45 bits per heavy atom. The lowest BCUT2D eigenvalue weighted by Crippen LogP contribution is -2.21. The van der Waals surface area contributed by atoms with Crippen molar-refractivity contribution in [3.05, 3.63) is 72.3 Å².